The molecule has 1 saturated heterocycles. The van der Waals surface area contributed by atoms with E-state index in [4.69, 9.17) is 4.74 Å². The number of amides is 4. The third-order valence-electron chi connectivity index (χ3n) is 4.95. The molecule has 0 unspecified atom stereocenters. The maximum Gasteiger partial charge on any atom is 0.338 e. The van der Waals surface area contributed by atoms with Crippen LogP contribution in [-0.4, -0.2) is 41.9 Å². The lowest BCUT2D eigenvalue weighted by molar-refractivity contribution is -0.134. The predicted octanol–water partition coefficient (Wildman–Crippen LogP) is 2.66. The van der Waals surface area contributed by atoms with Crippen LogP contribution in [0.5, 0.6) is 0 Å². The van der Waals surface area contributed by atoms with Gasteiger partial charge in [-0.05, 0) is 43.2 Å². The summed E-state index contributed by atoms with van der Waals surface area (Å²) < 4.78 is 4.91. The third kappa shape index (κ3) is 4.03. The Balaban J connectivity index is 1.69. The highest BCUT2D eigenvalue weighted by molar-refractivity contribution is 6.10. The van der Waals surface area contributed by atoms with E-state index in [9.17, 15) is 19.2 Å². The van der Waals surface area contributed by atoms with E-state index in [2.05, 4.69) is 10.6 Å². The Labute approximate surface area is 174 Å². The van der Waals surface area contributed by atoms with Crippen LogP contribution in [0.25, 0.3) is 0 Å². The number of hydrogen-bond donors (Lipinski definition) is 2. The Morgan fingerprint density at radius 2 is 1.70 bits per heavy atom. The molecule has 2 aromatic carbocycles. The number of ether oxygens (including phenoxy) is 1. The first-order valence-corrected chi connectivity index (χ1v) is 9.68. The molecule has 0 aliphatic carbocycles. The van der Waals surface area contributed by atoms with E-state index in [1.54, 1.807) is 50.2 Å². The van der Waals surface area contributed by atoms with Crippen LogP contribution >= 0.6 is 0 Å². The minimum absolute atomic E-state index is 0.269. The van der Waals surface area contributed by atoms with Crippen molar-refractivity contribution in [1.29, 1.82) is 0 Å². The number of esters is 1. The van der Waals surface area contributed by atoms with Crippen LogP contribution < -0.4 is 10.6 Å². The van der Waals surface area contributed by atoms with E-state index < -0.39 is 35.9 Å². The van der Waals surface area contributed by atoms with Crippen molar-refractivity contribution in [2.24, 2.45) is 0 Å². The van der Waals surface area contributed by atoms with E-state index >= 15 is 0 Å². The number of hydrogen-bond acceptors (Lipinski definition) is 5. The van der Waals surface area contributed by atoms with Crippen LogP contribution in [0.4, 0.5) is 10.5 Å². The number of carbonyl (C=O) groups excluding carboxylic acids is 4. The molecule has 0 radical (unpaired) electrons. The molecule has 30 heavy (non-hydrogen) atoms. The molecule has 0 bridgehead atoms. The second-order valence-corrected chi connectivity index (χ2v) is 6.79. The van der Waals surface area contributed by atoms with Crippen molar-refractivity contribution in [3.8, 4) is 0 Å². The quantitative estimate of drug-likeness (QED) is 0.540. The fraction of sp³-hybridized carbons (Fsp3) is 0.273. The fourth-order valence-corrected chi connectivity index (χ4v) is 3.38. The van der Waals surface area contributed by atoms with Crippen molar-refractivity contribution in [3.05, 3.63) is 65.7 Å². The van der Waals surface area contributed by atoms with Gasteiger partial charge in [0.05, 0.1) is 12.2 Å². The minimum Gasteiger partial charge on any atom is -0.462 e. The highest BCUT2D eigenvalue weighted by atomic mass is 16.5. The summed E-state index contributed by atoms with van der Waals surface area (Å²) in [5.74, 6) is -1.44. The van der Waals surface area contributed by atoms with E-state index in [1.165, 1.54) is 12.1 Å². The summed E-state index contributed by atoms with van der Waals surface area (Å²) in [5.41, 5.74) is 0.285. The molecule has 0 saturated carbocycles. The van der Waals surface area contributed by atoms with Gasteiger partial charge in [-0.3, -0.25) is 14.5 Å². The van der Waals surface area contributed by atoms with Gasteiger partial charge in [-0.15, -0.1) is 0 Å². The maximum absolute atomic E-state index is 13.0. The predicted molar refractivity (Wildman–Crippen MR) is 110 cm³/mol. The van der Waals surface area contributed by atoms with Crippen LogP contribution in [0.15, 0.2) is 54.6 Å². The van der Waals surface area contributed by atoms with Crippen LogP contribution in [0.1, 0.15) is 36.2 Å². The van der Waals surface area contributed by atoms with Crippen LogP contribution in [-0.2, 0) is 19.9 Å². The van der Waals surface area contributed by atoms with Crippen LogP contribution in [0, 0.1) is 0 Å². The zero-order valence-corrected chi connectivity index (χ0v) is 16.8. The van der Waals surface area contributed by atoms with Crippen molar-refractivity contribution >= 4 is 29.5 Å². The van der Waals surface area contributed by atoms with Crippen LogP contribution in [0.2, 0.25) is 0 Å². The summed E-state index contributed by atoms with van der Waals surface area (Å²) in [7, 11) is 0. The smallest absolute Gasteiger partial charge is 0.338 e. The summed E-state index contributed by atoms with van der Waals surface area (Å²) in [6.45, 7) is 3.37. The van der Waals surface area contributed by atoms with E-state index in [-0.39, 0.29) is 6.61 Å². The third-order valence-corrected chi connectivity index (χ3v) is 4.95. The molecule has 156 valence electrons. The Bertz CT molecular complexity index is 958. The molecular formula is C22H23N3O5. The van der Waals surface area contributed by atoms with Gasteiger partial charge in [0.15, 0.2) is 0 Å². The molecule has 0 aromatic heterocycles. The molecule has 1 atom stereocenters. The summed E-state index contributed by atoms with van der Waals surface area (Å²) in [5, 5.41) is 5.37. The van der Waals surface area contributed by atoms with Gasteiger partial charge < -0.3 is 15.4 Å². The van der Waals surface area contributed by atoms with Gasteiger partial charge in [-0.1, -0.05) is 37.3 Å². The zero-order valence-electron chi connectivity index (χ0n) is 16.8. The van der Waals surface area contributed by atoms with E-state index in [0.717, 1.165) is 4.90 Å². The number of anilines is 1. The van der Waals surface area contributed by atoms with Gasteiger partial charge in [0.2, 0.25) is 5.91 Å². The van der Waals surface area contributed by atoms with Crippen molar-refractivity contribution < 1.29 is 23.9 Å². The topological polar surface area (TPSA) is 105 Å². The first-order valence-electron chi connectivity index (χ1n) is 9.68. The van der Waals surface area contributed by atoms with Crippen LogP contribution in [0.3, 0.4) is 0 Å². The first kappa shape index (κ1) is 21.0. The molecule has 2 N–H and O–H groups in total. The zero-order chi connectivity index (χ0) is 21.7. The molecule has 8 heteroatoms. The lowest BCUT2D eigenvalue weighted by atomic mass is 9.87. The second-order valence-electron chi connectivity index (χ2n) is 6.79. The van der Waals surface area contributed by atoms with Gasteiger partial charge in [-0.2, -0.15) is 0 Å². The van der Waals surface area contributed by atoms with Gasteiger partial charge in [0, 0.05) is 5.69 Å². The van der Waals surface area contributed by atoms with Crippen molar-refractivity contribution in [1.82, 2.24) is 10.2 Å². The molecular weight excluding hydrogens is 386 g/mol. The number of nitrogens with one attached hydrogen (secondary N) is 2. The standard InChI is InChI=1S/C22H23N3O5/c1-3-22(16-8-6-5-7-9-16)20(28)25(21(29)24-22)14-18(26)23-17-12-10-15(11-13-17)19(27)30-4-2/h5-13H,3-4,14H2,1-2H3,(H,23,26)(H,24,29)/t22-/m1/s1. The molecule has 1 aliphatic heterocycles. The normalized spacial score (nSPS) is 18.1. The Morgan fingerprint density at radius 3 is 2.30 bits per heavy atom. The van der Waals surface area contributed by atoms with E-state index in [0.29, 0.717) is 23.2 Å². The molecule has 3 rings (SSSR count). The monoisotopic (exact) mass is 409 g/mol. The molecule has 1 heterocycles. The molecule has 8 nitrogen and oxygen atoms in total. The second kappa shape index (κ2) is 8.77. The number of imide groups is 1. The highest BCUT2D eigenvalue weighted by Gasteiger charge is 2.51. The van der Waals surface area contributed by atoms with Crippen molar-refractivity contribution in [2.45, 2.75) is 25.8 Å². The van der Waals surface area contributed by atoms with Gasteiger partial charge in [0.1, 0.15) is 12.1 Å². The van der Waals surface area contributed by atoms with Crippen molar-refractivity contribution in [2.75, 3.05) is 18.5 Å². The lowest BCUT2D eigenvalue weighted by Gasteiger charge is -2.25. The SMILES string of the molecule is CCOC(=O)c1ccc(NC(=O)CN2C(=O)N[C@](CC)(c3ccccc3)C2=O)cc1. The van der Waals surface area contributed by atoms with E-state index in [1.807, 2.05) is 6.07 Å². The first-order chi connectivity index (χ1) is 14.4. The molecule has 2 aromatic rings. The number of benzene rings is 2. The van der Waals surface area contributed by atoms with Gasteiger partial charge >= 0.3 is 12.0 Å². The summed E-state index contributed by atoms with van der Waals surface area (Å²) in [4.78, 5) is 50.6. The Morgan fingerprint density at radius 1 is 1.03 bits per heavy atom. The largest absolute Gasteiger partial charge is 0.462 e. The number of rotatable bonds is 7. The lowest BCUT2D eigenvalue weighted by Crippen LogP contribution is -2.44. The molecule has 1 aliphatic rings. The summed E-state index contributed by atoms with van der Waals surface area (Å²) in [6, 6.07) is 14.5. The number of carbonyl (C=O) groups is 4. The number of urea groups is 1. The van der Waals surface area contributed by atoms with Gasteiger partial charge in [-0.25, -0.2) is 9.59 Å². The Hall–Kier alpha value is -3.68. The molecule has 4 amide bonds. The fourth-order valence-electron chi connectivity index (χ4n) is 3.38. The molecule has 1 fully saturated rings. The maximum atomic E-state index is 13.0. The minimum atomic E-state index is -1.18. The van der Waals surface area contributed by atoms with Crippen molar-refractivity contribution in [3.63, 3.8) is 0 Å². The number of nitrogens with zero attached hydrogens (tertiary/aromatic N) is 1. The average molecular weight is 409 g/mol. The Kier molecular flexibility index (Phi) is 6.15. The summed E-state index contributed by atoms with van der Waals surface area (Å²) >= 11 is 0. The highest BCUT2D eigenvalue weighted by Crippen LogP contribution is 2.32. The van der Waals surface area contributed by atoms with Gasteiger partial charge in [0.25, 0.3) is 5.91 Å². The molecule has 0 spiro atoms. The summed E-state index contributed by atoms with van der Waals surface area (Å²) in [6.07, 6.45) is 0.356. The average Bonchev–Trinajstić information content (AvgIpc) is 3.00.